The molecule has 0 aliphatic rings. The Morgan fingerprint density at radius 3 is 2.41 bits per heavy atom. The van der Waals surface area contributed by atoms with Crippen molar-refractivity contribution in [3.63, 3.8) is 0 Å². The highest BCUT2D eigenvalue weighted by Gasteiger charge is 2.39. The van der Waals surface area contributed by atoms with Crippen LogP contribution in [0.3, 0.4) is 0 Å². The van der Waals surface area contributed by atoms with E-state index in [4.69, 9.17) is 4.74 Å². The monoisotopic (exact) mass is 236 g/mol. The number of rotatable bonds is 7. The molecule has 0 aliphatic heterocycles. The zero-order chi connectivity index (χ0) is 12.7. The molecule has 3 nitrogen and oxygen atoms in total. The van der Waals surface area contributed by atoms with Crippen molar-refractivity contribution in [3.8, 4) is 0 Å². The molecule has 94 valence electrons. The van der Waals surface area contributed by atoms with Crippen molar-refractivity contribution in [2.75, 3.05) is 6.61 Å². The van der Waals surface area contributed by atoms with Crippen LogP contribution in [0.2, 0.25) is 0 Å². The van der Waals surface area contributed by atoms with Crippen molar-refractivity contribution in [3.05, 3.63) is 35.9 Å². The lowest BCUT2D eigenvalue weighted by atomic mass is 9.91. The summed E-state index contributed by atoms with van der Waals surface area (Å²) >= 11 is 0. The van der Waals surface area contributed by atoms with Gasteiger partial charge in [-0.25, -0.2) is 4.79 Å². The van der Waals surface area contributed by atoms with Gasteiger partial charge < -0.3 is 9.84 Å². The number of carboxylic acids is 1. The van der Waals surface area contributed by atoms with Crippen LogP contribution in [-0.2, 0) is 15.1 Å². The Labute approximate surface area is 102 Å². The summed E-state index contributed by atoms with van der Waals surface area (Å²) in [5.41, 5.74) is -0.484. The smallest absolute Gasteiger partial charge is 0.340 e. The summed E-state index contributed by atoms with van der Waals surface area (Å²) in [6, 6.07) is 9.17. The Bertz CT molecular complexity index is 348. The van der Waals surface area contributed by atoms with Crippen molar-refractivity contribution in [1.82, 2.24) is 0 Å². The third-order valence-electron chi connectivity index (χ3n) is 2.93. The second-order valence-electron chi connectivity index (χ2n) is 4.05. The maximum absolute atomic E-state index is 11.5. The van der Waals surface area contributed by atoms with Crippen LogP contribution < -0.4 is 0 Å². The van der Waals surface area contributed by atoms with Gasteiger partial charge in [-0.05, 0) is 18.4 Å². The van der Waals surface area contributed by atoms with Gasteiger partial charge in [0.2, 0.25) is 0 Å². The highest BCUT2D eigenvalue weighted by Crippen LogP contribution is 2.30. The maximum Gasteiger partial charge on any atom is 0.340 e. The molecule has 0 aliphatic carbocycles. The van der Waals surface area contributed by atoms with E-state index in [0.29, 0.717) is 18.6 Å². The summed E-state index contributed by atoms with van der Waals surface area (Å²) in [5.74, 6) is -0.915. The Morgan fingerprint density at radius 2 is 1.94 bits per heavy atom. The molecule has 0 saturated carbocycles. The van der Waals surface area contributed by atoms with Gasteiger partial charge in [-0.3, -0.25) is 0 Å². The van der Waals surface area contributed by atoms with Gasteiger partial charge in [-0.15, -0.1) is 0 Å². The van der Waals surface area contributed by atoms with Gasteiger partial charge in [0.1, 0.15) is 0 Å². The van der Waals surface area contributed by atoms with Gasteiger partial charge in [-0.1, -0.05) is 50.6 Å². The SMILES string of the molecule is CCCCOC(CC)(C(=O)O)c1ccccc1. The number of carbonyl (C=O) groups is 1. The Morgan fingerprint density at radius 1 is 1.29 bits per heavy atom. The second-order valence-corrected chi connectivity index (χ2v) is 4.05. The lowest BCUT2D eigenvalue weighted by Crippen LogP contribution is -2.38. The molecule has 0 fully saturated rings. The first-order valence-electron chi connectivity index (χ1n) is 6.10. The number of benzene rings is 1. The van der Waals surface area contributed by atoms with Crippen molar-refractivity contribution in [2.24, 2.45) is 0 Å². The zero-order valence-corrected chi connectivity index (χ0v) is 10.5. The van der Waals surface area contributed by atoms with Crippen LogP contribution >= 0.6 is 0 Å². The van der Waals surface area contributed by atoms with E-state index in [2.05, 4.69) is 6.92 Å². The van der Waals surface area contributed by atoms with Crippen molar-refractivity contribution in [1.29, 1.82) is 0 Å². The molecule has 0 radical (unpaired) electrons. The molecule has 3 heteroatoms. The van der Waals surface area contributed by atoms with E-state index < -0.39 is 11.6 Å². The van der Waals surface area contributed by atoms with Gasteiger partial charge in [0, 0.05) is 6.61 Å². The number of unbranched alkanes of at least 4 members (excludes halogenated alkanes) is 1. The molecule has 17 heavy (non-hydrogen) atoms. The molecule has 0 bridgehead atoms. The van der Waals surface area contributed by atoms with E-state index in [0.717, 1.165) is 12.8 Å². The molecule has 1 N–H and O–H groups in total. The second kappa shape index (κ2) is 6.40. The van der Waals surface area contributed by atoms with E-state index in [1.807, 2.05) is 37.3 Å². The van der Waals surface area contributed by atoms with Gasteiger partial charge in [0.05, 0.1) is 0 Å². The predicted octanol–water partition coefficient (Wildman–Crippen LogP) is 3.19. The first-order valence-corrected chi connectivity index (χ1v) is 6.10. The molecular weight excluding hydrogens is 216 g/mol. The van der Waals surface area contributed by atoms with Gasteiger partial charge in [-0.2, -0.15) is 0 Å². The van der Waals surface area contributed by atoms with E-state index in [1.54, 1.807) is 0 Å². The van der Waals surface area contributed by atoms with Crippen LogP contribution in [0.1, 0.15) is 38.7 Å². The van der Waals surface area contributed by atoms with Gasteiger partial charge >= 0.3 is 5.97 Å². The third kappa shape index (κ3) is 3.07. The fraction of sp³-hybridized carbons (Fsp3) is 0.500. The minimum Gasteiger partial charge on any atom is -0.479 e. The summed E-state index contributed by atoms with van der Waals surface area (Å²) in [5, 5.41) is 9.45. The predicted molar refractivity (Wildman–Crippen MR) is 66.9 cm³/mol. The Kier molecular flexibility index (Phi) is 5.16. The van der Waals surface area contributed by atoms with Crippen molar-refractivity contribution >= 4 is 5.97 Å². The number of carboxylic acid groups (broad SMARTS) is 1. The van der Waals surface area contributed by atoms with Gasteiger partial charge in [0.15, 0.2) is 5.60 Å². The molecule has 1 atom stereocenters. The van der Waals surface area contributed by atoms with Crippen molar-refractivity contribution < 1.29 is 14.6 Å². The van der Waals surface area contributed by atoms with Crippen LogP contribution in [0.5, 0.6) is 0 Å². The quantitative estimate of drug-likeness (QED) is 0.739. The summed E-state index contributed by atoms with van der Waals surface area (Å²) < 4.78 is 5.67. The molecule has 1 unspecified atom stereocenters. The van der Waals surface area contributed by atoms with Crippen molar-refractivity contribution in [2.45, 2.75) is 38.7 Å². The summed E-state index contributed by atoms with van der Waals surface area (Å²) in [4.78, 5) is 11.5. The van der Waals surface area contributed by atoms with Gasteiger partial charge in [0.25, 0.3) is 0 Å². The summed E-state index contributed by atoms with van der Waals surface area (Å²) in [7, 11) is 0. The average Bonchev–Trinajstić information content (AvgIpc) is 2.36. The normalized spacial score (nSPS) is 14.2. The average molecular weight is 236 g/mol. The first-order chi connectivity index (χ1) is 8.17. The fourth-order valence-corrected chi connectivity index (χ4v) is 1.82. The molecule has 0 saturated heterocycles. The number of aliphatic carboxylic acids is 1. The Balaban J connectivity index is 2.97. The molecule has 0 aromatic heterocycles. The Hall–Kier alpha value is -1.35. The topological polar surface area (TPSA) is 46.5 Å². The molecular formula is C14H20O3. The zero-order valence-electron chi connectivity index (χ0n) is 10.5. The van der Waals surface area contributed by atoms with E-state index in [1.165, 1.54) is 0 Å². The highest BCUT2D eigenvalue weighted by atomic mass is 16.5. The highest BCUT2D eigenvalue weighted by molar-refractivity contribution is 5.79. The lowest BCUT2D eigenvalue weighted by Gasteiger charge is -2.29. The summed E-state index contributed by atoms with van der Waals surface area (Å²) in [6.07, 6.45) is 2.30. The molecule has 0 amide bonds. The lowest BCUT2D eigenvalue weighted by molar-refractivity contribution is -0.168. The largest absolute Gasteiger partial charge is 0.479 e. The number of ether oxygens (including phenoxy) is 1. The molecule has 1 aromatic rings. The minimum absolute atomic E-state index is 0.427. The fourth-order valence-electron chi connectivity index (χ4n) is 1.82. The van der Waals surface area contributed by atoms with Crippen LogP contribution in [0, 0.1) is 0 Å². The van der Waals surface area contributed by atoms with E-state index in [9.17, 15) is 9.90 Å². The molecule has 1 rings (SSSR count). The van der Waals surface area contributed by atoms with Crippen LogP contribution in [-0.4, -0.2) is 17.7 Å². The van der Waals surface area contributed by atoms with Crippen LogP contribution in [0.25, 0.3) is 0 Å². The van der Waals surface area contributed by atoms with E-state index >= 15 is 0 Å². The molecule has 0 spiro atoms. The molecule has 1 aromatic carbocycles. The minimum atomic E-state index is -1.20. The number of hydrogen-bond donors (Lipinski definition) is 1. The third-order valence-corrected chi connectivity index (χ3v) is 2.93. The first kappa shape index (κ1) is 13.7. The number of hydrogen-bond acceptors (Lipinski definition) is 2. The molecule has 0 heterocycles. The van der Waals surface area contributed by atoms with Crippen LogP contribution in [0.4, 0.5) is 0 Å². The standard InChI is InChI=1S/C14H20O3/c1-3-5-11-17-14(4-2,13(15)16)12-9-7-6-8-10-12/h6-10H,3-5,11H2,1-2H3,(H,15,16). The maximum atomic E-state index is 11.5. The van der Waals surface area contributed by atoms with Crippen LogP contribution in [0.15, 0.2) is 30.3 Å². The van der Waals surface area contributed by atoms with E-state index in [-0.39, 0.29) is 0 Å². The summed E-state index contributed by atoms with van der Waals surface area (Å²) in [6.45, 7) is 4.37.